The van der Waals surface area contributed by atoms with Gasteiger partial charge in [-0.05, 0) is 49.3 Å². The molecule has 1 aliphatic rings. The largest absolute Gasteiger partial charge is 0.478 e. The second-order valence-corrected chi connectivity index (χ2v) is 6.52. The van der Waals surface area contributed by atoms with Crippen LogP contribution < -0.4 is 5.32 Å². The number of hydrogen-bond donors (Lipinski definition) is 2. The van der Waals surface area contributed by atoms with Gasteiger partial charge in [-0.2, -0.15) is 11.8 Å². The summed E-state index contributed by atoms with van der Waals surface area (Å²) in [4.78, 5) is 22.8. The molecule has 2 unspecified atom stereocenters. The molecule has 0 saturated heterocycles. The summed E-state index contributed by atoms with van der Waals surface area (Å²) in [5.41, 5.74) is 0.712. The predicted octanol–water partition coefficient (Wildman–Crippen LogP) is 2.79. The lowest BCUT2D eigenvalue weighted by atomic mass is 10.1. The molecule has 1 fully saturated rings. The first-order valence-corrected chi connectivity index (χ1v) is 7.91. The summed E-state index contributed by atoms with van der Waals surface area (Å²) in [6.07, 6.45) is 3.20. The molecule has 0 aromatic heterocycles. The van der Waals surface area contributed by atoms with Crippen LogP contribution >= 0.6 is 11.8 Å². The molecule has 1 aromatic rings. The highest BCUT2D eigenvalue weighted by molar-refractivity contribution is 7.99. The summed E-state index contributed by atoms with van der Waals surface area (Å²) >= 11 is 1.95. The van der Waals surface area contributed by atoms with E-state index in [0.717, 1.165) is 25.0 Å². The number of amides is 1. The zero-order valence-electron chi connectivity index (χ0n) is 11.5. The Balaban J connectivity index is 1.90. The van der Waals surface area contributed by atoms with Gasteiger partial charge < -0.3 is 10.4 Å². The summed E-state index contributed by atoms with van der Waals surface area (Å²) < 4.78 is 0. The van der Waals surface area contributed by atoms with Gasteiger partial charge in [-0.15, -0.1) is 0 Å². The van der Waals surface area contributed by atoms with E-state index in [-0.39, 0.29) is 17.5 Å². The van der Waals surface area contributed by atoms with E-state index in [1.54, 1.807) is 12.1 Å². The summed E-state index contributed by atoms with van der Waals surface area (Å²) in [7, 11) is 0. The van der Waals surface area contributed by atoms with Gasteiger partial charge in [-0.25, -0.2) is 4.79 Å². The molecular formula is C15H19NO3S. The Morgan fingerprint density at radius 1 is 1.25 bits per heavy atom. The van der Waals surface area contributed by atoms with Crippen molar-refractivity contribution in [3.8, 4) is 0 Å². The van der Waals surface area contributed by atoms with Gasteiger partial charge in [0.1, 0.15) is 0 Å². The van der Waals surface area contributed by atoms with Crippen molar-refractivity contribution in [2.75, 3.05) is 5.75 Å². The number of carbonyl (C=O) groups is 2. The Kier molecular flexibility index (Phi) is 5.06. The van der Waals surface area contributed by atoms with Crippen molar-refractivity contribution in [3.05, 3.63) is 35.4 Å². The van der Waals surface area contributed by atoms with Crippen molar-refractivity contribution < 1.29 is 14.7 Å². The Bertz CT molecular complexity index is 486. The van der Waals surface area contributed by atoms with E-state index in [1.165, 1.54) is 12.1 Å². The van der Waals surface area contributed by atoms with E-state index in [0.29, 0.717) is 10.8 Å². The van der Waals surface area contributed by atoms with Gasteiger partial charge in [0.05, 0.1) is 5.56 Å². The van der Waals surface area contributed by atoms with Crippen molar-refractivity contribution in [2.45, 2.75) is 37.5 Å². The number of carboxylic acids is 1. The number of benzene rings is 1. The molecule has 2 N–H and O–H groups in total. The average molecular weight is 293 g/mol. The molecule has 4 nitrogen and oxygen atoms in total. The molecule has 1 aromatic carbocycles. The van der Waals surface area contributed by atoms with Crippen LogP contribution in [0, 0.1) is 0 Å². The Labute approximate surface area is 123 Å². The third-order valence-electron chi connectivity index (χ3n) is 3.52. The number of aromatic carboxylic acids is 1. The molecule has 20 heavy (non-hydrogen) atoms. The third-order valence-corrected chi connectivity index (χ3v) is 4.75. The molecule has 0 bridgehead atoms. The molecule has 5 heteroatoms. The second kappa shape index (κ2) is 6.79. The standard InChI is InChI=1S/C15H19NO3S/c1-2-20-13-8-7-12(9-13)16-14(17)10-3-5-11(6-4-10)15(18)19/h3-6,12-13H,2,7-9H2,1H3,(H,16,17)(H,18,19). The summed E-state index contributed by atoms with van der Waals surface area (Å²) in [6, 6.07) is 6.28. The highest BCUT2D eigenvalue weighted by Gasteiger charge is 2.25. The molecule has 0 aliphatic heterocycles. The van der Waals surface area contributed by atoms with E-state index in [4.69, 9.17) is 5.11 Å². The minimum Gasteiger partial charge on any atom is -0.478 e. The fourth-order valence-corrected chi connectivity index (χ4v) is 3.63. The quantitative estimate of drug-likeness (QED) is 0.876. The van der Waals surface area contributed by atoms with Crippen molar-refractivity contribution in [1.29, 1.82) is 0 Å². The molecular weight excluding hydrogens is 274 g/mol. The molecule has 1 amide bonds. The van der Waals surface area contributed by atoms with Gasteiger partial charge in [0.2, 0.25) is 0 Å². The summed E-state index contributed by atoms with van der Waals surface area (Å²) in [6.45, 7) is 2.15. The first-order chi connectivity index (χ1) is 9.60. The van der Waals surface area contributed by atoms with Crippen LogP contribution in [0.25, 0.3) is 0 Å². The van der Waals surface area contributed by atoms with Gasteiger partial charge >= 0.3 is 5.97 Å². The lowest BCUT2D eigenvalue weighted by Crippen LogP contribution is -2.33. The zero-order valence-corrected chi connectivity index (χ0v) is 12.3. The fourth-order valence-electron chi connectivity index (χ4n) is 2.49. The maximum atomic E-state index is 12.1. The highest BCUT2D eigenvalue weighted by atomic mass is 32.2. The number of carboxylic acid groups (broad SMARTS) is 1. The first kappa shape index (κ1) is 14.9. The molecule has 2 rings (SSSR count). The molecule has 1 aliphatic carbocycles. The van der Waals surface area contributed by atoms with Crippen LogP contribution in [-0.4, -0.2) is 34.0 Å². The van der Waals surface area contributed by atoms with E-state index < -0.39 is 5.97 Å². The number of hydrogen-bond acceptors (Lipinski definition) is 3. The highest BCUT2D eigenvalue weighted by Crippen LogP contribution is 2.29. The fraction of sp³-hybridized carbons (Fsp3) is 0.467. The normalized spacial score (nSPS) is 21.6. The molecule has 0 spiro atoms. The van der Waals surface area contributed by atoms with Crippen LogP contribution in [0.1, 0.15) is 46.9 Å². The van der Waals surface area contributed by atoms with E-state index >= 15 is 0 Å². The van der Waals surface area contributed by atoms with Crippen molar-refractivity contribution in [1.82, 2.24) is 5.32 Å². The van der Waals surface area contributed by atoms with Gasteiger partial charge in [0.25, 0.3) is 5.91 Å². The van der Waals surface area contributed by atoms with Crippen molar-refractivity contribution in [2.24, 2.45) is 0 Å². The lowest BCUT2D eigenvalue weighted by molar-refractivity contribution is 0.0696. The smallest absolute Gasteiger partial charge is 0.335 e. The minimum atomic E-state index is -0.979. The number of nitrogens with one attached hydrogen (secondary N) is 1. The van der Waals surface area contributed by atoms with Crippen LogP contribution in [0.3, 0.4) is 0 Å². The number of rotatable bonds is 5. The summed E-state index contributed by atoms with van der Waals surface area (Å²) in [5.74, 6) is 0.0170. The van der Waals surface area contributed by atoms with E-state index in [2.05, 4.69) is 12.2 Å². The van der Waals surface area contributed by atoms with E-state index in [9.17, 15) is 9.59 Å². The second-order valence-electron chi connectivity index (χ2n) is 4.94. The lowest BCUT2D eigenvalue weighted by Gasteiger charge is -2.13. The molecule has 108 valence electrons. The van der Waals surface area contributed by atoms with Gasteiger partial charge in [-0.1, -0.05) is 6.92 Å². The molecule has 2 atom stereocenters. The number of carbonyl (C=O) groups excluding carboxylic acids is 1. The maximum absolute atomic E-state index is 12.1. The Morgan fingerprint density at radius 3 is 2.50 bits per heavy atom. The number of thioether (sulfide) groups is 1. The molecule has 0 heterocycles. The molecule has 1 saturated carbocycles. The molecule has 0 radical (unpaired) electrons. The first-order valence-electron chi connectivity index (χ1n) is 6.86. The zero-order chi connectivity index (χ0) is 14.5. The SMILES string of the molecule is CCSC1CCC(NC(=O)c2ccc(C(=O)O)cc2)C1. The maximum Gasteiger partial charge on any atom is 0.335 e. The van der Waals surface area contributed by atoms with Gasteiger partial charge in [0.15, 0.2) is 0 Å². The topological polar surface area (TPSA) is 66.4 Å². The Hall–Kier alpha value is -1.49. The van der Waals surface area contributed by atoms with Crippen LogP contribution in [0.4, 0.5) is 0 Å². The van der Waals surface area contributed by atoms with Crippen molar-refractivity contribution >= 4 is 23.6 Å². The summed E-state index contributed by atoms with van der Waals surface area (Å²) in [5, 5.41) is 12.5. The Morgan fingerprint density at radius 2 is 1.90 bits per heavy atom. The van der Waals surface area contributed by atoms with Gasteiger partial charge in [-0.3, -0.25) is 4.79 Å². The van der Waals surface area contributed by atoms with E-state index in [1.807, 2.05) is 11.8 Å². The monoisotopic (exact) mass is 293 g/mol. The third kappa shape index (κ3) is 3.76. The van der Waals surface area contributed by atoms with Crippen LogP contribution in [0.2, 0.25) is 0 Å². The van der Waals surface area contributed by atoms with Gasteiger partial charge in [0, 0.05) is 16.9 Å². The predicted molar refractivity (Wildman–Crippen MR) is 80.4 cm³/mol. The van der Waals surface area contributed by atoms with Crippen LogP contribution in [-0.2, 0) is 0 Å². The minimum absolute atomic E-state index is 0.117. The average Bonchev–Trinajstić information content (AvgIpc) is 2.86. The van der Waals surface area contributed by atoms with Crippen LogP contribution in [0.15, 0.2) is 24.3 Å². The van der Waals surface area contributed by atoms with Crippen molar-refractivity contribution in [3.63, 3.8) is 0 Å². The van der Waals surface area contributed by atoms with Crippen LogP contribution in [0.5, 0.6) is 0 Å².